The van der Waals surface area contributed by atoms with Crippen LogP contribution >= 0.6 is 0 Å². The molecule has 0 spiro atoms. The molecule has 120 valence electrons. The fourth-order valence-corrected chi connectivity index (χ4v) is 3.11. The molecule has 2 heterocycles. The quantitative estimate of drug-likeness (QED) is 0.870. The highest BCUT2D eigenvalue weighted by atomic mass is 19.1. The van der Waals surface area contributed by atoms with E-state index in [9.17, 15) is 9.18 Å². The lowest BCUT2D eigenvalue weighted by Crippen LogP contribution is -2.30. The average molecular weight is 314 g/mol. The highest BCUT2D eigenvalue weighted by Gasteiger charge is 2.31. The van der Waals surface area contributed by atoms with Crippen molar-refractivity contribution in [3.05, 3.63) is 47.5 Å². The maximum Gasteiger partial charge on any atom is 0.227 e. The number of hydrogen-bond donors (Lipinski definition) is 0. The molecule has 1 saturated carbocycles. The molecule has 1 aromatic heterocycles. The maximum absolute atomic E-state index is 12.9. The van der Waals surface area contributed by atoms with E-state index in [0.29, 0.717) is 18.9 Å². The fourth-order valence-electron chi connectivity index (χ4n) is 3.11. The van der Waals surface area contributed by atoms with Crippen LogP contribution < -0.4 is 0 Å². The van der Waals surface area contributed by atoms with E-state index in [1.165, 1.54) is 25.0 Å². The molecule has 0 bridgehead atoms. The van der Waals surface area contributed by atoms with Crippen molar-refractivity contribution in [2.45, 2.75) is 37.6 Å². The number of aromatic nitrogens is 3. The van der Waals surface area contributed by atoms with Crippen molar-refractivity contribution in [3.63, 3.8) is 0 Å². The number of halogens is 1. The zero-order chi connectivity index (χ0) is 15.8. The molecule has 2 fully saturated rings. The van der Waals surface area contributed by atoms with Crippen molar-refractivity contribution in [1.82, 2.24) is 19.9 Å². The molecule has 1 aliphatic carbocycles. The summed E-state index contributed by atoms with van der Waals surface area (Å²) in [6.07, 6.45) is 5.69. The van der Waals surface area contributed by atoms with E-state index in [2.05, 4.69) is 10.3 Å². The Morgan fingerprint density at radius 3 is 2.74 bits per heavy atom. The largest absolute Gasteiger partial charge is 0.340 e. The summed E-state index contributed by atoms with van der Waals surface area (Å²) < 4.78 is 14.8. The van der Waals surface area contributed by atoms with Gasteiger partial charge in [0.25, 0.3) is 0 Å². The number of nitrogens with zero attached hydrogens (tertiary/aromatic N) is 4. The highest BCUT2D eigenvalue weighted by Crippen LogP contribution is 2.39. The Morgan fingerprint density at radius 2 is 2.00 bits per heavy atom. The summed E-state index contributed by atoms with van der Waals surface area (Å²) in [7, 11) is 0. The van der Waals surface area contributed by atoms with Crippen LogP contribution in [0.3, 0.4) is 0 Å². The molecule has 4 rings (SSSR count). The van der Waals surface area contributed by atoms with Crippen LogP contribution in [0.1, 0.15) is 42.5 Å². The Hall–Kier alpha value is -2.24. The zero-order valence-electron chi connectivity index (χ0n) is 12.9. The van der Waals surface area contributed by atoms with E-state index in [4.69, 9.17) is 0 Å². The van der Waals surface area contributed by atoms with Gasteiger partial charge in [-0.25, -0.2) is 9.07 Å². The molecule has 0 radical (unpaired) electrons. The van der Waals surface area contributed by atoms with Gasteiger partial charge in [0.2, 0.25) is 5.91 Å². The zero-order valence-corrected chi connectivity index (χ0v) is 12.9. The summed E-state index contributed by atoms with van der Waals surface area (Å²) in [5.74, 6) is 0.406. The lowest BCUT2D eigenvalue weighted by atomic mass is 10.1. The summed E-state index contributed by atoms with van der Waals surface area (Å²) in [4.78, 5) is 14.3. The third-order valence-corrected chi connectivity index (χ3v) is 4.68. The van der Waals surface area contributed by atoms with Gasteiger partial charge in [-0.15, -0.1) is 5.10 Å². The first kappa shape index (κ1) is 14.4. The predicted octanol–water partition coefficient (Wildman–Crippen LogP) is 2.31. The first-order valence-electron chi connectivity index (χ1n) is 8.13. The standard InChI is InChI=1S/C17H19FN4O/c18-14-5-1-12(2-6-14)9-17(23)21-8-7-15(10-21)22-11-16(19-20-22)13-3-4-13/h1-2,5-6,11,13,15H,3-4,7-10H2. The average Bonchev–Trinajstić information content (AvgIpc) is 3.09. The Balaban J connectivity index is 1.37. The molecule has 1 aliphatic heterocycles. The van der Waals surface area contributed by atoms with Gasteiger partial charge in [-0.05, 0) is 37.0 Å². The van der Waals surface area contributed by atoms with Crippen LogP contribution in [0.5, 0.6) is 0 Å². The van der Waals surface area contributed by atoms with Gasteiger partial charge in [-0.1, -0.05) is 17.3 Å². The van der Waals surface area contributed by atoms with E-state index in [0.717, 1.165) is 24.2 Å². The molecule has 1 amide bonds. The molecule has 5 nitrogen and oxygen atoms in total. The minimum absolute atomic E-state index is 0.0849. The van der Waals surface area contributed by atoms with Crippen LogP contribution in [0.15, 0.2) is 30.5 Å². The summed E-state index contributed by atoms with van der Waals surface area (Å²) in [6.45, 7) is 1.41. The molecule has 0 N–H and O–H groups in total. The number of carbonyl (C=O) groups excluding carboxylic acids is 1. The number of carbonyl (C=O) groups is 1. The molecule has 6 heteroatoms. The molecule has 1 aromatic carbocycles. The topological polar surface area (TPSA) is 51.0 Å². The SMILES string of the molecule is O=C(Cc1ccc(F)cc1)N1CCC(n2cc(C3CC3)nn2)C1. The van der Waals surface area contributed by atoms with Gasteiger partial charge in [-0.2, -0.15) is 0 Å². The van der Waals surface area contributed by atoms with Crippen molar-refractivity contribution in [3.8, 4) is 0 Å². The van der Waals surface area contributed by atoms with E-state index >= 15 is 0 Å². The van der Waals surface area contributed by atoms with Crippen LogP contribution in [0, 0.1) is 5.82 Å². The van der Waals surface area contributed by atoms with Crippen molar-refractivity contribution < 1.29 is 9.18 Å². The van der Waals surface area contributed by atoms with Crippen molar-refractivity contribution in [1.29, 1.82) is 0 Å². The second kappa shape index (κ2) is 5.76. The van der Waals surface area contributed by atoms with Crippen LogP contribution in [0.4, 0.5) is 4.39 Å². The predicted molar refractivity (Wildman–Crippen MR) is 82.3 cm³/mol. The normalized spacial score (nSPS) is 20.9. The van der Waals surface area contributed by atoms with E-state index in [-0.39, 0.29) is 17.8 Å². The van der Waals surface area contributed by atoms with Crippen molar-refractivity contribution >= 4 is 5.91 Å². The maximum atomic E-state index is 12.9. The van der Waals surface area contributed by atoms with Gasteiger partial charge >= 0.3 is 0 Å². The minimum Gasteiger partial charge on any atom is -0.340 e. The first-order valence-corrected chi connectivity index (χ1v) is 8.13. The van der Waals surface area contributed by atoms with Gasteiger partial charge in [-0.3, -0.25) is 4.79 Å². The molecule has 23 heavy (non-hydrogen) atoms. The third-order valence-electron chi connectivity index (χ3n) is 4.68. The Labute approximate surface area is 134 Å². The molecule has 2 aliphatic rings. The number of hydrogen-bond acceptors (Lipinski definition) is 3. The third kappa shape index (κ3) is 3.11. The second-order valence-electron chi connectivity index (χ2n) is 6.48. The lowest BCUT2D eigenvalue weighted by Gasteiger charge is -2.16. The Bertz CT molecular complexity index is 708. The van der Waals surface area contributed by atoms with E-state index in [1.54, 1.807) is 12.1 Å². The van der Waals surface area contributed by atoms with Crippen molar-refractivity contribution in [2.75, 3.05) is 13.1 Å². The monoisotopic (exact) mass is 314 g/mol. The number of benzene rings is 1. The Kier molecular flexibility index (Phi) is 3.59. The van der Waals surface area contributed by atoms with Gasteiger partial charge in [0.15, 0.2) is 0 Å². The molecule has 2 aromatic rings. The summed E-state index contributed by atoms with van der Waals surface area (Å²) in [5, 5.41) is 8.48. The smallest absolute Gasteiger partial charge is 0.227 e. The van der Waals surface area contributed by atoms with Gasteiger partial charge in [0.1, 0.15) is 5.82 Å². The first-order chi connectivity index (χ1) is 11.2. The molecule has 1 unspecified atom stereocenters. The van der Waals surface area contributed by atoms with E-state index in [1.807, 2.05) is 15.8 Å². The van der Waals surface area contributed by atoms with Crippen molar-refractivity contribution in [2.24, 2.45) is 0 Å². The minimum atomic E-state index is -0.278. The molecular weight excluding hydrogens is 295 g/mol. The van der Waals surface area contributed by atoms with Gasteiger partial charge < -0.3 is 4.90 Å². The lowest BCUT2D eigenvalue weighted by molar-refractivity contribution is -0.129. The van der Waals surface area contributed by atoms with Crippen LogP contribution in [0.25, 0.3) is 0 Å². The highest BCUT2D eigenvalue weighted by molar-refractivity contribution is 5.79. The summed E-state index contributed by atoms with van der Waals surface area (Å²) >= 11 is 0. The van der Waals surface area contributed by atoms with E-state index < -0.39 is 0 Å². The molecule has 1 saturated heterocycles. The second-order valence-corrected chi connectivity index (χ2v) is 6.48. The summed E-state index contributed by atoms with van der Waals surface area (Å²) in [6, 6.07) is 6.33. The van der Waals surface area contributed by atoms with Crippen LogP contribution in [0.2, 0.25) is 0 Å². The van der Waals surface area contributed by atoms with Gasteiger partial charge in [0, 0.05) is 25.2 Å². The number of likely N-dealkylation sites (tertiary alicyclic amines) is 1. The van der Waals surface area contributed by atoms with Gasteiger partial charge in [0.05, 0.1) is 18.2 Å². The van der Waals surface area contributed by atoms with Crippen LogP contribution in [-0.2, 0) is 11.2 Å². The summed E-state index contributed by atoms with van der Waals surface area (Å²) in [5.41, 5.74) is 1.93. The number of amides is 1. The fraction of sp³-hybridized carbons (Fsp3) is 0.471. The number of rotatable bonds is 4. The Morgan fingerprint density at radius 1 is 1.22 bits per heavy atom. The van der Waals surface area contributed by atoms with Crippen LogP contribution in [-0.4, -0.2) is 38.9 Å². The molecular formula is C17H19FN4O. The molecule has 1 atom stereocenters.